The highest BCUT2D eigenvalue weighted by atomic mass is 16.2. The van der Waals surface area contributed by atoms with Crippen molar-refractivity contribution in [3.63, 3.8) is 0 Å². The van der Waals surface area contributed by atoms with E-state index in [4.69, 9.17) is 0 Å². The number of nitrogens with one attached hydrogen (secondary N) is 2. The van der Waals surface area contributed by atoms with Crippen LogP contribution in [0.2, 0.25) is 0 Å². The van der Waals surface area contributed by atoms with Gasteiger partial charge < -0.3 is 10.6 Å². The number of hydrogen-bond acceptors (Lipinski definition) is 4. The quantitative estimate of drug-likeness (QED) is 0.706. The van der Waals surface area contributed by atoms with Crippen molar-refractivity contribution in [2.75, 3.05) is 13.1 Å². The lowest BCUT2D eigenvalue weighted by atomic mass is 9.96. The van der Waals surface area contributed by atoms with Crippen molar-refractivity contribution in [2.45, 2.75) is 31.7 Å². The SMILES string of the molecule is C[C@]1(C2CC2)NC(=O)N(CC(=O)NCCc2cnn(-c3ccccc3)c2)C1=O. The summed E-state index contributed by atoms with van der Waals surface area (Å²) in [4.78, 5) is 37.9. The predicted octanol–water partition coefficient (Wildman–Crippen LogP) is 1.25. The molecular formula is C20H23N5O3. The van der Waals surface area contributed by atoms with Crippen LogP contribution in [-0.2, 0) is 16.0 Å². The Kier molecular flexibility index (Phi) is 4.62. The van der Waals surface area contributed by atoms with E-state index in [0.717, 1.165) is 29.0 Å². The van der Waals surface area contributed by atoms with Crippen LogP contribution < -0.4 is 10.6 Å². The molecule has 1 aliphatic carbocycles. The van der Waals surface area contributed by atoms with Gasteiger partial charge in [0.15, 0.2) is 0 Å². The Hall–Kier alpha value is -3.16. The van der Waals surface area contributed by atoms with Gasteiger partial charge in [0.1, 0.15) is 12.1 Å². The first kappa shape index (κ1) is 18.2. The number of rotatable bonds is 7. The lowest BCUT2D eigenvalue weighted by Gasteiger charge is -2.20. The highest BCUT2D eigenvalue weighted by Gasteiger charge is 2.56. The Bertz CT molecular complexity index is 906. The van der Waals surface area contributed by atoms with E-state index >= 15 is 0 Å². The lowest BCUT2D eigenvalue weighted by Crippen LogP contribution is -2.47. The van der Waals surface area contributed by atoms with Crippen molar-refractivity contribution >= 4 is 17.8 Å². The van der Waals surface area contributed by atoms with Crippen molar-refractivity contribution in [3.05, 3.63) is 48.3 Å². The number of urea groups is 1. The monoisotopic (exact) mass is 381 g/mol. The van der Waals surface area contributed by atoms with Crippen LogP contribution in [0.25, 0.3) is 5.69 Å². The molecule has 2 aromatic rings. The number of para-hydroxylation sites is 1. The van der Waals surface area contributed by atoms with Gasteiger partial charge in [-0.2, -0.15) is 5.10 Å². The number of aromatic nitrogens is 2. The van der Waals surface area contributed by atoms with Crippen LogP contribution in [0.4, 0.5) is 4.79 Å². The van der Waals surface area contributed by atoms with Gasteiger partial charge in [-0.3, -0.25) is 14.5 Å². The molecule has 4 amide bonds. The van der Waals surface area contributed by atoms with Crippen LogP contribution in [-0.4, -0.2) is 51.2 Å². The Balaban J connectivity index is 1.27. The summed E-state index contributed by atoms with van der Waals surface area (Å²) < 4.78 is 1.78. The van der Waals surface area contributed by atoms with Gasteiger partial charge in [-0.05, 0) is 49.8 Å². The van der Waals surface area contributed by atoms with Gasteiger partial charge >= 0.3 is 6.03 Å². The van der Waals surface area contributed by atoms with E-state index in [1.165, 1.54) is 0 Å². The summed E-state index contributed by atoms with van der Waals surface area (Å²) in [6.45, 7) is 1.90. The molecule has 0 bridgehead atoms. The zero-order valence-corrected chi connectivity index (χ0v) is 15.7. The van der Waals surface area contributed by atoms with Crippen molar-refractivity contribution in [1.29, 1.82) is 0 Å². The number of amides is 4. The van der Waals surface area contributed by atoms with Crippen molar-refractivity contribution in [1.82, 2.24) is 25.3 Å². The third-order valence-electron chi connectivity index (χ3n) is 5.39. The largest absolute Gasteiger partial charge is 0.354 e. The van der Waals surface area contributed by atoms with Gasteiger partial charge in [-0.1, -0.05) is 18.2 Å². The van der Waals surface area contributed by atoms with Crippen LogP contribution in [0.15, 0.2) is 42.7 Å². The molecule has 2 fully saturated rings. The number of carbonyl (C=O) groups excluding carboxylic acids is 3. The van der Waals surface area contributed by atoms with E-state index in [9.17, 15) is 14.4 Å². The smallest absolute Gasteiger partial charge is 0.325 e. The number of carbonyl (C=O) groups is 3. The summed E-state index contributed by atoms with van der Waals surface area (Å²) >= 11 is 0. The van der Waals surface area contributed by atoms with Crippen LogP contribution >= 0.6 is 0 Å². The molecule has 1 atom stereocenters. The summed E-state index contributed by atoms with van der Waals surface area (Å²) in [5.41, 5.74) is 1.10. The Morgan fingerprint density at radius 2 is 2.04 bits per heavy atom. The first-order chi connectivity index (χ1) is 13.5. The number of imide groups is 1. The molecular weight excluding hydrogens is 358 g/mol. The van der Waals surface area contributed by atoms with Gasteiger partial charge in [0, 0.05) is 12.7 Å². The molecule has 1 aromatic carbocycles. The standard InChI is InChI=1S/C20H23N5O3/c1-20(15-7-8-15)18(27)24(19(28)23-20)13-17(26)21-10-9-14-11-22-25(12-14)16-5-3-2-4-6-16/h2-6,11-12,15H,7-10,13H2,1H3,(H,21,26)(H,23,28)/t20-/m1/s1. The molecule has 8 nitrogen and oxygen atoms in total. The third kappa shape index (κ3) is 3.49. The summed E-state index contributed by atoms with van der Waals surface area (Å²) in [5.74, 6) is -0.476. The number of nitrogens with zero attached hydrogens (tertiary/aromatic N) is 3. The van der Waals surface area contributed by atoms with Crippen LogP contribution in [0.1, 0.15) is 25.3 Å². The van der Waals surface area contributed by atoms with Crippen LogP contribution in [0, 0.1) is 5.92 Å². The van der Waals surface area contributed by atoms with Gasteiger partial charge in [-0.25, -0.2) is 9.48 Å². The molecule has 0 unspecified atom stereocenters. The van der Waals surface area contributed by atoms with Crippen molar-refractivity contribution in [3.8, 4) is 5.69 Å². The maximum atomic E-state index is 12.5. The third-order valence-corrected chi connectivity index (χ3v) is 5.39. The molecule has 1 aliphatic heterocycles. The van der Waals surface area contributed by atoms with Crippen molar-refractivity contribution in [2.24, 2.45) is 5.92 Å². The predicted molar refractivity (Wildman–Crippen MR) is 102 cm³/mol. The van der Waals surface area contributed by atoms with Gasteiger partial charge in [-0.15, -0.1) is 0 Å². The second-order valence-electron chi connectivity index (χ2n) is 7.53. The van der Waals surface area contributed by atoms with Gasteiger partial charge in [0.2, 0.25) is 5.91 Å². The molecule has 2 N–H and O–H groups in total. The number of hydrogen-bond donors (Lipinski definition) is 2. The van der Waals surface area contributed by atoms with E-state index < -0.39 is 11.6 Å². The molecule has 8 heteroatoms. The molecule has 0 spiro atoms. The minimum atomic E-state index is -0.858. The lowest BCUT2D eigenvalue weighted by molar-refractivity contribution is -0.135. The average molecular weight is 381 g/mol. The fraction of sp³-hybridized carbons (Fsp3) is 0.400. The fourth-order valence-electron chi connectivity index (χ4n) is 3.55. The first-order valence-electron chi connectivity index (χ1n) is 9.47. The summed E-state index contributed by atoms with van der Waals surface area (Å²) in [6.07, 6.45) is 6.15. The maximum Gasteiger partial charge on any atom is 0.325 e. The van der Waals surface area contributed by atoms with E-state index in [0.29, 0.717) is 13.0 Å². The van der Waals surface area contributed by atoms with Crippen molar-refractivity contribution < 1.29 is 14.4 Å². The average Bonchev–Trinajstić information content (AvgIpc) is 3.41. The number of benzene rings is 1. The molecule has 1 saturated heterocycles. The Morgan fingerprint density at radius 3 is 2.75 bits per heavy atom. The minimum Gasteiger partial charge on any atom is -0.354 e. The molecule has 4 rings (SSSR count). The van der Waals surface area contributed by atoms with E-state index in [1.807, 2.05) is 36.5 Å². The second-order valence-corrected chi connectivity index (χ2v) is 7.53. The van der Waals surface area contributed by atoms with E-state index in [-0.39, 0.29) is 24.3 Å². The maximum absolute atomic E-state index is 12.5. The molecule has 2 aliphatic rings. The van der Waals surface area contributed by atoms with E-state index in [2.05, 4.69) is 15.7 Å². The van der Waals surface area contributed by atoms with E-state index in [1.54, 1.807) is 17.8 Å². The normalized spacial score (nSPS) is 21.7. The molecule has 2 heterocycles. The molecule has 0 radical (unpaired) electrons. The first-order valence-corrected chi connectivity index (χ1v) is 9.47. The summed E-state index contributed by atoms with van der Waals surface area (Å²) in [5, 5.41) is 9.84. The minimum absolute atomic E-state index is 0.179. The van der Waals surface area contributed by atoms with Gasteiger partial charge in [0.05, 0.1) is 11.9 Å². The second kappa shape index (κ2) is 7.10. The zero-order chi connectivity index (χ0) is 19.7. The zero-order valence-electron chi connectivity index (χ0n) is 15.7. The summed E-state index contributed by atoms with van der Waals surface area (Å²) in [6, 6.07) is 9.28. The van der Waals surface area contributed by atoms with Crippen LogP contribution in [0.3, 0.4) is 0 Å². The highest BCUT2D eigenvalue weighted by Crippen LogP contribution is 2.42. The Labute approximate surface area is 162 Å². The summed E-state index contributed by atoms with van der Waals surface area (Å²) in [7, 11) is 0. The molecule has 1 saturated carbocycles. The molecule has 146 valence electrons. The topological polar surface area (TPSA) is 96.3 Å². The molecule has 28 heavy (non-hydrogen) atoms. The van der Waals surface area contributed by atoms with Gasteiger partial charge in [0.25, 0.3) is 5.91 Å². The Morgan fingerprint density at radius 1 is 1.29 bits per heavy atom. The van der Waals surface area contributed by atoms with Crippen LogP contribution in [0.5, 0.6) is 0 Å². The molecule has 1 aromatic heterocycles. The highest BCUT2D eigenvalue weighted by molar-refractivity contribution is 6.09. The fourth-order valence-corrected chi connectivity index (χ4v) is 3.55.